The van der Waals surface area contributed by atoms with Gasteiger partial charge < -0.3 is 0 Å². The molecule has 94 valence electrons. The van der Waals surface area contributed by atoms with Gasteiger partial charge in [0, 0.05) is 6.54 Å². The maximum atomic E-state index is 12.7. The van der Waals surface area contributed by atoms with Crippen LogP contribution in [0.15, 0.2) is 29.2 Å². The number of hydrogen-bond acceptors (Lipinski definition) is 2. The first-order chi connectivity index (χ1) is 7.99. The summed E-state index contributed by atoms with van der Waals surface area (Å²) in [5.74, 6) is 0.589. The second kappa shape index (κ2) is 4.74. The Kier molecular flexibility index (Phi) is 3.49. The van der Waals surface area contributed by atoms with E-state index in [2.05, 4.69) is 4.72 Å². The van der Waals surface area contributed by atoms with Crippen LogP contribution in [0.2, 0.25) is 0 Å². The standard InChI is InChI=1S/C12H16FNO2S/c1-9(10-2-3-10)8-14-17(15,16)12-6-4-11(13)5-7-12/h4-7,9-10,14H,2-3,8H2,1H3. The molecule has 0 radical (unpaired) electrons. The Balaban J connectivity index is 2.00. The average Bonchev–Trinajstić information content (AvgIpc) is 3.10. The molecule has 1 aliphatic carbocycles. The summed E-state index contributed by atoms with van der Waals surface area (Å²) < 4.78 is 39.0. The first-order valence-corrected chi connectivity index (χ1v) is 7.22. The lowest BCUT2D eigenvalue weighted by molar-refractivity contribution is 0.492. The van der Waals surface area contributed by atoms with Crippen LogP contribution >= 0.6 is 0 Å². The van der Waals surface area contributed by atoms with Gasteiger partial charge in [0.25, 0.3) is 0 Å². The zero-order valence-corrected chi connectivity index (χ0v) is 10.5. The van der Waals surface area contributed by atoms with Crippen molar-refractivity contribution in [2.75, 3.05) is 6.54 Å². The monoisotopic (exact) mass is 257 g/mol. The number of hydrogen-bond donors (Lipinski definition) is 1. The Bertz CT molecular complexity index is 480. The van der Waals surface area contributed by atoms with Crippen LogP contribution in [0.1, 0.15) is 19.8 Å². The quantitative estimate of drug-likeness (QED) is 0.878. The van der Waals surface area contributed by atoms with Gasteiger partial charge in [-0.15, -0.1) is 0 Å². The highest BCUT2D eigenvalue weighted by atomic mass is 32.2. The van der Waals surface area contributed by atoms with Gasteiger partial charge in [0.1, 0.15) is 5.82 Å². The smallest absolute Gasteiger partial charge is 0.211 e. The molecule has 1 aromatic rings. The fourth-order valence-electron chi connectivity index (χ4n) is 1.77. The van der Waals surface area contributed by atoms with Gasteiger partial charge in [-0.2, -0.15) is 0 Å². The molecule has 1 aliphatic rings. The maximum Gasteiger partial charge on any atom is 0.240 e. The summed E-state index contributed by atoms with van der Waals surface area (Å²) in [6.45, 7) is 2.50. The largest absolute Gasteiger partial charge is 0.240 e. The van der Waals surface area contributed by atoms with Gasteiger partial charge >= 0.3 is 0 Å². The highest BCUT2D eigenvalue weighted by Crippen LogP contribution is 2.36. The number of rotatable bonds is 5. The Morgan fingerprint density at radius 2 is 1.94 bits per heavy atom. The molecule has 2 rings (SSSR count). The van der Waals surface area contributed by atoms with E-state index in [9.17, 15) is 12.8 Å². The summed E-state index contributed by atoms with van der Waals surface area (Å²) in [5, 5.41) is 0. The third-order valence-electron chi connectivity index (χ3n) is 3.15. The van der Waals surface area contributed by atoms with Crippen molar-refractivity contribution in [1.82, 2.24) is 4.72 Å². The first-order valence-electron chi connectivity index (χ1n) is 5.74. The lowest BCUT2D eigenvalue weighted by Gasteiger charge is -2.11. The van der Waals surface area contributed by atoms with Crippen LogP contribution in [0, 0.1) is 17.7 Å². The number of sulfonamides is 1. The zero-order chi connectivity index (χ0) is 12.5. The number of nitrogens with one attached hydrogen (secondary N) is 1. The third-order valence-corrected chi connectivity index (χ3v) is 4.59. The summed E-state index contributed by atoms with van der Waals surface area (Å²) in [4.78, 5) is 0.113. The van der Waals surface area contributed by atoms with E-state index in [4.69, 9.17) is 0 Å². The lowest BCUT2D eigenvalue weighted by atomic mass is 10.1. The molecule has 17 heavy (non-hydrogen) atoms. The minimum absolute atomic E-state index is 0.113. The molecule has 3 nitrogen and oxygen atoms in total. The number of halogens is 1. The van der Waals surface area contributed by atoms with Crippen LogP contribution in [0.4, 0.5) is 4.39 Å². The highest BCUT2D eigenvalue weighted by Gasteiger charge is 2.28. The average molecular weight is 257 g/mol. The van der Waals surface area contributed by atoms with Crippen LogP contribution < -0.4 is 4.72 Å². The third kappa shape index (κ3) is 3.26. The molecule has 0 bridgehead atoms. The molecule has 0 spiro atoms. The van der Waals surface area contributed by atoms with Gasteiger partial charge in [0.2, 0.25) is 10.0 Å². The van der Waals surface area contributed by atoms with Crippen LogP contribution in [-0.2, 0) is 10.0 Å². The SMILES string of the molecule is CC(CNS(=O)(=O)c1ccc(F)cc1)C1CC1. The van der Waals surface area contributed by atoms with E-state index in [1.165, 1.54) is 25.0 Å². The molecule has 1 N–H and O–H groups in total. The van der Waals surface area contributed by atoms with E-state index in [0.717, 1.165) is 12.1 Å². The Morgan fingerprint density at radius 1 is 1.35 bits per heavy atom. The van der Waals surface area contributed by atoms with Crippen LogP contribution in [0.25, 0.3) is 0 Å². The molecule has 0 aliphatic heterocycles. The minimum atomic E-state index is -3.49. The summed E-state index contributed by atoms with van der Waals surface area (Å²) in [6, 6.07) is 4.86. The molecular formula is C12H16FNO2S. The molecule has 0 amide bonds. The van der Waals surface area contributed by atoms with Crippen molar-refractivity contribution in [1.29, 1.82) is 0 Å². The van der Waals surface area contributed by atoms with E-state index in [0.29, 0.717) is 18.4 Å². The second-order valence-corrected chi connectivity index (χ2v) is 6.39. The molecule has 5 heteroatoms. The Labute approximate surface area is 101 Å². The van der Waals surface area contributed by atoms with Crippen LogP contribution in [0.3, 0.4) is 0 Å². The van der Waals surface area contributed by atoms with Gasteiger partial charge in [-0.25, -0.2) is 17.5 Å². The predicted octanol–water partition coefficient (Wildman–Crippen LogP) is 2.15. The van der Waals surface area contributed by atoms with Gasteiger partial charge in [0.15, 0.2) is 0 Å². The van der Waals surface area contributed by atoms with E-state index in [-0.39, 0.29) is 4.90 Å². The van der Waals surface area contributed by atoms with Crippen molar-refractivity contribution >= 4 is 10.0 Å². The predicted molar refractivity (Wildman–Crippen MR) is 63.5 cm³/mol. The normalized spacial score (nSPS) is 18.0. The van der Waals surface area contributed by atoms with Gasteiger partial charge in [-0.05, 0) is 48.9 Å². The van der Waals surface area contributed by atoms with Crippen LogP contribution in [-0.4, -0.2) is 15.0 Å². The summed E-state index contributed by atoms with van der Waals surface area (Å²) in [7, 11) is -3.49. The van der Waals surface area contributed by atoms with E-state index in [1.54, 1.807) is 0 Å². The Morgan fingerprint density at radius 3 is 2.47 bits per heavy atom. The van der Waals surface area contributed by atoms with Crippen molar-refractivity contribution in [2.24, 2.45) is 11.8 Å². The van der Waals surface area contributed by atoms with Crippen LogP contribution in [0.5, 0.6) is 0 Å². The van der Waals surface area contributed by atoms with E-state index in [1.807, 2.05) is 6.92 Å². The lowest BCUT2D eigenvalue weighted by Crippen LogP contribution is -2.29. The van der Waals surface area contributed by atoms with Crippen molar-refractivity contribution in [3.63, 3.8) is 0 Å². The molecule has 1 unspecified atom stereocenters. The summed E-state index contributed by atoms with van der Waals surface area (Å²) in [6.07, 6.45) is 2.39. The highest BCUT2D eigenvalue weighted by molar-refractivity contribution is 7.89. The van der Waals surface area contributed by atoms with E-state index < -0.39 is 15.8 Å². The Hall–Kier alpha value is -0.940. The van der Waals surface area contributed by atoms with Crippen molar-refractivity contribution in [3.05, 3.63) is 30.1 Å². The molecule has 0 saturated heterocycles. The van der Waals surface area contributed by atoms with Crippen molar-refractivity contribution in [2.45, 2.75) is 24.7 Å². The molecule has 1 atom stereocenters. The molecular weight excluding hydrogens is 241 g/mol. The molecule has 1 aromatic carbocycles. The summed E-state index contributed by atoms with van der Waals surface area (Å²) >= 11 is 0. The molecule has 1 fully saturated rings. The summed E-state index contributed by atoms with van der Waals surface area (Å²) in [5.41, 5.74) is 0. The van der Waals surface area contributed by atoms with Crippen molar-refractivity contribution in [3.8, 4) is 0 Å². The zero-order valence-electron chi connectivity index (χ0n) is 9.69. The van der Waals surface area contributed by atoms with Gasteiger partial charge in [-0.1, -0.05) is 6.92 Å². The first kappa shape index (κ1) is 12.5. The van der Waals surface area contributed by atoms with Crippen molar-refractivity contribution < 1.29 is 12.8 Å². The van der Waals surface area contributed by atoms with Gasteiger partial charge in [0.05, 0.1) is 4.90 Å². The maximum absolute atomic E-state index is 12.7. The molecule has 0 heterocycles. The fourth-order valence-corrected chi connectivity index (χ4v) is 2.91. The van der Waals surface area contributed by atoms with Gasteiger partial charge in [-0.3, -0.25) is 0 Å². The second-order valence-electron chi connectivity index (χ2n) is 4.62. The number of benzene rings is 1. The topological polar surface area (TPSA) is 46.2 Å². The molecule has 0 aromatic heterocycles. The minimum Gasteiger partial charge on any atom is -0.211 e. The molecule has 1 saturated carbocycles. The fraction of sp³-hybridized carbons (Fsp3) is 0.500. The van der Waals surface area contributed by atoms with E-state index >= 15 is 0 Å².